The zero-order chi connectivity index (χ0) is 23.6. The molecule has 0 aliphatic rings. The van der Waals surface area contributed by atoms with Gasteiger partial charge in [0.25, 0.3) is 0 Å². The molecule has 168 valence electrons. The molecule has 6 aromatic rings. The second-order valence-corrected chi connectivity index (χ2v) is 8.40. The van der Waals surface area contributed by atoms with Gasteiger partial charge in [0.2, 0.25) is 11.8 Å². The van der Waals surface area contributed by atoms with Gasteiger partial charge in [-0.25, -0.2) is 0 Å². The Morgan fingerprint density at radius 1 is 0.657 bits per heavy atom. The zero-order valence-corrected chi connectivity index (χ0v) is 19.2. The number of rotatable bonds is 5. The summed E-state index contributed by atoms with van der Waals surface area (Å²) in [7, 11) is 0. The SMILES string of the molecule is Clc1cc(-c2nnc(-c3ccccc3)o2)ccc1C=Cc1ccc(-c2noc3ccccc23)cc1. The Bertz CT molecular complexity index is 1650. The second-order valence-electron chi connectivity index (χ2n) is 8.00. The molecule has 35 heavy (non-hydrogen) atoms. The monoisotopic (exact) mass is 475 g/mol. The van der Waals surface area contributed by atoms with Gasteiger partial charge < -0.3 is 8.94 Å². The molecule has 0 atom stereocenters. The van der Waals surface area contributed by atoms with Crippen LogP contribution in [0.5, 0.6) is 0 Å². The number of hydrogen-bond acceptors (Lipinski definition) is 5. The van der Waals surface area contributed by atoms with E-state index in [1.165, 1.54) is 0 Å². The van der Waals surface area contributed by atoms with Crippen molar-refractivity contribution < 1.29 is 8.94 Å². The third kappa shape index (κ3) is 4.25. The van der Waals surface area contributed by atoms with Crippen LogP contribution in [0.4, 0.5) is 0 Å². The molecular weight excluding hydrogens is 458 g/mol. The second kappa shape index (κ2) is 9.05. The molecule has 0 aliphatic heterocycles. The van der Waals surface area contributed by atoms with E-state index in [9.17, 15) is 0 Å². The van der Waals surface area contributed by atoms with Gasteiger partial charge in [0.1, 0.15) is 5.69 Å². The van der Waals surface area contributed by atoms with Gasteiger partial charge in [0.05, 0.1) is 0 Å². The first kappa shape index (κ1) is 21.1. The molecule has 0 amide bonds. The van der Waals surface area contributed by atoms with Crippen LogP contribution in [-0.2, 0) is 0 Å². The quantitative estimate of drug-likeness (QED) is 0.236. The number of hydrogen-bond donors (Lipinski definition) is 0. The van der Waals surface area contributed by atoms with Crippen molar-refractivity contribution >= 4 is 34.7 Å². The lowest BCUT2D eigenvalue weighted by molar-refractivity contribution is 0.459. The number of fused-ring (bicyclic) bond motifs is 1. The maximum absolute atomic E-state index is 6.56. The summed E-state index contributed by atoms with van der Waals surface area (Å²) < 4.78 is 11.3. The molecule has 6 rings (SSSR count). The van der Waals surface area contributed by atoms with E-state index >= 15 is 0 Å². The van der Waals surface area contributed by atoms with Gasteiger partial charge >= 0.3 is 0 Å². The molecule has 0 N–H and O–H groups in total. The third-order valence-corrected chi connectivity index (χ3v) is 6.04. The Labute approximate surface area is 206 Å². The molecule has 0 fully saturated rings. The fraction of sp³-hybridized carbons (Fsp3) is 0. The first-order chi connectivity index (χ1) is 17.2. The van der Waals surface area contributed by atoms with Crippen molar-refractivity contribution in [3.05, 3.63) is 113 Å². The van der Waals surface area contributed by atoms with E-state index < -0.39 is 0 Å². The Morgan fingerprint density at radius 3 is 2.17 bits per heavy atom. The van der Waals surface area contributed by atoms with Gasteiger partial charge in [-0.05, 0) is 47.5 Å². The van der Waals surface area contributed by atoms with Crippen molar-refractivity contribution in [2.75, 3.05) is 0 Å². The van der Waals surface area contributed by atoms with Gasteiger partial charge in [-0.15, -0.1) is 10.2 Å². The van der Waals surface area contributed by atoms with Crippen LogP contribution in [0.1, 0.15) is 11.1 Å². The molecular formula is C29H18ClN3O2. The number of para-hydroxylation sites is 1. The Balaban J connectivity index is 1.20. The first-order valence-electron chi connectivity index (χ1n) is 11.1. The average molecular weight is 476 g/mol. The highest BCUT2D eigenvalue weighted by Crippen LogP contribution is 2.30. The molecule has 0 bridgehead atoms. The van der Waals surface area contributed by atoms with Gasteiger partial charge in [-0.1, -0.05) is 89.6 Å². The summed E-state index contributed by atoms with van der Waals surface area (Å²) in [5, 5.41) is 14.1. The Hall–Kier alpha value is -4.48. The van der Waals surface area contributed by atoms with E-state index in [0.29, 0.717) is 16.8 Å². The molecule has 0 aliphatic carbocycles. The summed E-state index contributed by atoms with van der Waals surface area (Å²) in [6.45, 7) is 0. The lowest BCUT2D eigenvalue weighted by Gasteiger charge is -2.02. The predicted molar refractivity (Wildman–Crippen MR) is 139 cm³/mol. The standard InChI is InChI=1S/C29H18ClN3O2/c30-25-18-23(29-32-31-28(34-29)22-6-2-1-3-7-22)17-16-20(25)13-10-19-11-14-21(15-12-19)27-24-8-4-5-9-26(24)35-33-27/h1-18H. The summed E-state index contributed by atoms with van der Waals surface area (Å²) in [6.07, 6.45) is 4.00. The zero-order valence-electron chi connectivity index (χ0n) is 18.4. The number of nitrogens with zero attached hydrogens (tertiary/aromatic N) is 3. The van der Waals surface area contributed by atoms with E-state index in [4.69, 9.17) is 20.5 Å². The molecule has 0 spiro atoms. The van der Waals surface area contributed by atoms with E-state index in [1.54, 1.807) is 0 Å². The normalized spacial score (nSPS) is 11.5. The molecule has 2 aromatic heterocycles. The molecule has 0 saturated carbocycles. The average Bonchev–Trinajstić information content (AvgIpc) is 3.57. The molecule has 6 heteroatoms. The van der Waals surface area contributed by atoms with E-state index in [1.807, 2.05) is 109 Å². The lowest BCUT2D eigenvalue weighted by atomic mass is 10.0. The van der Waals surface area contributed by atoms with Gasteiger partial charge in [-0.2, -0.15) is 0 Å². The van der Waals surface area contributed by atoms with E-state index in [0.717, 1.165) is 44.5 Å². The topological polar surface area (TPSA) is 65.0 Å². The summed E-state index contributed by atoms with van der Waals surface area (Å²) in [4.78, 5) is 0. The Morgan fingerprint density at radius 2 is 1.37 bits per heavy atom. The maximum Gasteiger partial charge on any atom is 0.248 e. The minimum absolute atomic E-state index is 0.428. The molecule has 0 radical (unpaired) electrons. The predicted octanol–water partition coefficient (Wildman–Crippen LogP) is 8.04. The maximum atomic E-state index is 6.56. The van der Waals surface area contributed by atoms with Crippen LogP contribution in [0.3, 0.4) is 0 Å². The summed E-state index contributed by atoms with van der Waals surface area (Å²) >= 11 is 6.56. The van der Waals surface area contributed by atoms with Crippen molar-refractivity contribution in [1.82, 2.24) is 15.4 Å². The van der Waals surface area contributed by atoms with Crippen molar-refractivity contribution in [2.24, 2.45) is 0 Å². The van der Waals surface area contributed by atoms with E-state index in [2.05, 4.69) is 15.4 Å². The first-order valence-corrected chi connectivity index (χ1v) is 11.4. The summed E-state index contributed by atoms with van der Waals surface area (Å²) in [5.41, 5.74) is 6.21. The highest BCUT2D eigenvalue weighted by atomic mass is 35.5. The van der Waals surface area contributed by atoms with Crippen LogP contribution >= 0.6 is 11.6 Å². The fourth-order valence-corrected chi connectivity index (χ4v) is 4.11. The molecule has 0 unspecified atom stereocenters. The van der Waals surface area contributed by atoms with Crippen LogP contribution in [0.2, 0.25) is 5.02 Å². The van der Waals surface area contributed by atoms with Crippen LogP contribution in [-0.4, -0.2) is 15.4 Å². The van der Waals surface area contributed by atoms with Crippen LogP contribution in [0.15, 0.2) is 106 Å². The van der Waals surface area contributed by atoms with Gasteiger partial charge in [0.15, 0.2) is 5.58 Å². The van der Waals surface area contributed by atoms with Gasteiger partial charge in [0, 0.05) is 27.1 Å². The largest absolute Gasteiger partial charge is 0.416 e. The fourth-order valence-electron chi connectivity index (χ4n) is 3.86. The highest BCUT2D eigenvalue weighted by Gasteiger charge is 2.12. The van der Waals surface area contributed by atoms with Crippen molar-refractivity contribution in [1.29, 1.82) is 0 Å². The summed E-state index contributed by atoms with van der Waals surface area (Å²) in [5.74, 6) is 0.903. The third-order valence-electron chi connectivity index (χ3n) is 5.71. The number of benzene rings is 4. The van der Waals surface area contributed by atoms with Crippen LogP contribution < -0.4 is 0 Å². The lowest BCUT2D eigenvalue weighted by Crippen LogP contribution is -1.82. The molecule has 2 heterocycles. The molecule has 4 aromatic carbocycles. The highest BCUT2D eigenvalue weighted by molar-refractivity contribution is 6.32. The van der Waals surface area contributed by atoms with E-state index in [-0.39, 0.29) is 0 Å². The minimum atomic E-state index is 0.428. The van der Waals surface area contributed by atoms with Crippen LogP contribution in [0, 0.1) is 0 Å². The van der Waals surface area contributed by atoms with Crippen molar-refractivity contribution in [3.63, 3.8) is 0 Å². The number of aromatic nitrogens is 3. The van der Waals surface area contributed by atoms with Crippen LogP contribution in [0.25, 0.3) is 57.3 Å². The molecule has 0 saturated heterocycles. The van der Waals surface area contributed by atoms with Crippen molar-refractivity contribution in [3.8, 4) is 34.2 Å². The van der Waals surface area contributed by atoms with Gasteiger partial charge in [-0.3, -0.25) is 0 Å². The van der Waals surface area contributed by atoms with Crippen molar-refractivity contribution in [2.45, 2.75) is 0 Å². The number of halogens is 1. The Kier molecular flexibility index (Phi) is 5.45. The molecule has 5 nitrogen and oxygen atoms in total. The smallest absolute Gasteiger partial charge is 0.248 e. The summed E-state index contributed by atoms with van der Waals surface area (Å²) in [6, 6.07) is 31.4. The minimum Gasteiger partial charge on any atom is -0.416 e.